The Kier molecular flexibility index (Phi) is 3.60. The molecule has 0 aromatic carbocycles. The number of furan rings is 1. The lowest BCUT2D eigenvalue weighted by Crippen LogP contribution is -2.30. The van der Waals surface area contributed by atoms with Gasteiger partial charge in [-0.05, 0) is 32.0 Å². The SMILES string of the molecule is Cc1cc(C)nc(O[C@@H]2CCN(C(=O)c3ccco3)C2)n1. The van der Waals surface area contributed by atoms with E-state index in [9.17, 15) is 4.79 Å². The van der Waals surface area contributed by atoms with Crippen LogP contribution in [-0.4, -0.2) is 40.0 Å². The normalized spacial score (nSPS) is 18.0. The lowest BCUT2D eigenvalue weighted by atomic mass is 10.3. The van der Waals surface area contributed by atoms with Crippen molar-refractivity contribution in [3.8, 4) is 6.01 Å². The van der Waals surface area contributed by atoms with Crippen LogP contribution in [0.4, 0.5) is 0 Å². The van der Waals surface area contributed by atoms with Crippen LogP contribution in [0.25, 0.3) is 0 Å². The maximum Gasteiger partial charge on any atom is 0.317 e. The monoisotopic (exact) mass is 287 g/mol. The van der Waals surface area contributed by atoms with Gasteiger partial charge in [-0.15, -0.1) is 0 Å². The molecule has 110 valence electrons. The number of hydrogen-bond donors (Lipinski definition) is 0. The molecule has 0 radical (unpaired) electrons. The number of carbonyl (C=O) groups is 1. The summed E-state index contributed by atoms with van der Waals surface area (Å²) in [6.07, 6.45) is 2.19. The molecule has 1 aliphatic rings. The second-order valence-electron chi connectivity index (χ2n) is 5.19. The highest BCUT2D eigenvalue weighted by atomic mass is 16.5. The number of ether oxygens (including phenoxy) is 1. The van der Waals surface area contributed by atoms with Crippen LogP contribution in [0.3, 0.4) is 0 Å². The smallest absolute Gasteiger partial charge is 0.317 e. The van der Waals surface area contributed by atoms with Gasteiger partial charge in [0.15, 0.2) is 5.76 Å². The Bertz CT molecular complexity index is 619. The third-order valence-electron chi connectivity index (χ3n) is 3.40. The first-order valence-corrected chi connectivity index (χ1v) is 6.93. The van der Waals surface area contributed by atoms with Crippen molar-refractivity contribution in [3.05, 3.63) is 41.6 Å². The van der Waals surface area contributed by atoms with E-state index in [1.165, 1.54) is 6.26 Å². The van der Waals surface area contributed by atoms with Gasteiger partial charge in [0.25, 0.3) is 5.91 Å². The molecule has 0 saturated carbocycles. The highest BCUT2D eigenvalue weighted by molar-refractivity contribution is 5.91. The molecule has 1 aliphatic heterocycles. The Balaban J connectivity index is 1.63. The van der Waals surface area contributed by atoms with Gasteiger partial charge in [0, 0.05) is 24.4 Å². The molecule has 0 unspecified atom stereocenters. The van der Waals surface area contributed by atoms with Gasteiger partial charge in [0.1, 0.15) is 6.10 Å². The Morgan fingerprint density at radius 1 is 1.38 bits per heavy atom. The summed E-state index contributed by atoms with van der Waals surface area (Å²) in [5, 5.41) is 0. The van der Waals surface area contributed by atoms with Crippen molar-refractivity contribution in [1.82, 2.24) is 14.9 Å². The highest BCUT2D eigenvalue weighted by Gasteiger charge is 2.30. The first-order valence-electron chi connectivity index (χ1n) is 6.93. The topological polar surface area (TPSA) is 68.5 Å². The second kappa shape index (κ2) is 5.55. The molecule has 2 aromatic heterocycles. The minimum atomic E-state index is -0.104. The molecule has 1 fully saturated rings. The fourth-order valence-electron chi connectivity index (χ4n) is 2.46. The number of aromatic nitrogens is 2. The molecule has 6 nitrogen and oxygen atoms in total. The van der Waals surface area contributed by atoms with Crippen molar-refractivity contribution in [2.45, 2.75) is 26.4 Å². The van der Waals surface area contributed by atoms with Crippen LogP contribution >= 0.6 is 0 Å². The van der Waals surface area contributed by atoms with E-state index in [2.05, 4.69) is 9.97 Å². The van der Waals surface area contributed by atoms with Gasteiger partial charge in [-0.3, -0.25) is 4.79 Å². The van der Waals surface area contributed by atoms with Gasteiger partial charge in [-0.25, -0.2) is 9.97 Å². The molecular weight excluding hydrogens is 270 g/mol. The minimum absolute atomic E-state index is 0.0786. The zero-order chi connectivity index (χ0) is 14.8. The molecule has 2 aromatic rings. The molecular formula is C15H17N3O3. The zero-order valence-corrected chi connectivity index (χ0v) is 12.1. The second-order valence-corrected chi connectivity index (χ2v) is 5.19. The van der Waals surface area contributed by atoms with Gasteiger partial charge >= 0.3 is 6.01 Å². The number of amides is 1. The molecule has 1 saturated heterocycles. The Morgan fingerprint density at radius 2 is 2.14 bits per heavy atom. The molecule has 0 spiro atoms. The summed E-state index contributed by atoms with van der Waals surface area (Å²) < 4.78 is 10.9. The summed E-state index contributed by atoms with van der Waals surface area (Å²) in [4.78, 5) is 22.4. The van der Waals surface area contributed by atoms with Crippen LogP contribution in [0.2, 0.25) is 0 Å². The van der Waals surface area contributed by atoms with E-state index >= 15 is 0 Å². The summed E-state index contributed by atoms with van der Waals surface area (Å²) in [5.41, 5.74) is 1.75. The Morgan fingerprint density at radius 3 is 2.81 bits per heavy atom. The molecule has 3 heterocycles. The first kappa shape index (κ1) is 13.6. The number of likely N-dealkylation sites (tertiary alicyclic amines) is 1. The third kappa shape index (κ3) is 3.04. The molecule has 0 bridgehead atoms. The van der Waals surface area contributed by atoms with E-state index in [1.54, 1.807) is 17.0 Å². The summed E-state index contributed by atoms with van der Waals surface area (Å²) >= 11 is 0. The largest absolute Gasteiger partial charge is 0.459 e. The summed E-state index contributed by atoms with van der Waals surface area (Å²) in [6, 6.07) is 5.66. The summed E-state index contributed by atoms with van der Waals surface area (Å²) in [7, 11) is 0. The third-order valence-corrected chi connectivity index (χ3v) is 3.40. The molecule has 1 atom stereocenters. The molecule has 0 aliphatic carbocycles. The number of carbonyl (C=O) groups excluding carboxylic acids is 1. The molecule has 0 N–H and O–H groups in total. The lowest BCUT2D eigenvalue weighted by Gasteiger charge is -2.15. The van der Waals surface area contributed by atoms with Gasteiger partial charge in [0.05, 0.1) is 12.8 Å². The maximum absolute atomic E-state index is 12.2. The number of rotatable bonds is 3. The number of aryl methyl sites for hydroxylation is 2. The van der Waals surface area contributed by atoms with Crippen molar-refractivity contribution in [2.24, 2.45) is 0 Å². The van der Waals surface area contributed by atoms with Crippen LogP contribution in [0.5, 0.6) is 6.01 Å². The average molecular weight is 287 g/mol. The van der Waals surface area contributed by atoms with Gasteiger partial charge < -0.3 is 14.1 Å². The average Bonchev–Trinajstić information content (AvgIpc) is 3.07. The Labute approximate surface area is 122 Å². The van der Waals surface area contributed by atoms with E-state index in [4.69, 9.17) is 9.15 Å². The number of hydrogen-bond acceptors (Lipinski definition) is 5. The van der Waals surface area contributed by atoms with Crippen LogP contribution in [0.1, 0.15) is 28.4 Å². The molecule has 6 heteroatoms. The van der Waals surface area contributed by atoms with E-state index in [0.717, 1.165) is 17.8 Å². The number of nitrogens with zero attached hydrogens (tertiary/aromatic N) is 3. The molecule has 1 amide bonds. The van der Waals surface area contributed by atoms with Crippen LogP contribution < -0.4 is 4.74 Å². The van der Waals surface area contributed by atoms with Crippen LogP contribution in [-0.2, 0) is 0 Å². The van der Waals surface area contributed by atoms with Crippen molar-refractivity contribution in [3.63, 3.8) is 0 Å². The van der Waals surface area contributed by atoms with Crippen LogP contribution in [0, 0.1) is 13.8 Å². The summed E-state index contributed by atoms with van der Waals surface area (Å²) in [6.45, 7) is 4.98. The van der Waals surface area contributed by atoms with E-state index < -0.39 is 0 Å². The lowest BCUT2D eigenvalue weighted by molar-refractivity contribution is 0.0738. The van der Waals surface area contributed by atoms with Crippen molar-refractivity contribution in [1.29, 1.82) is 0 Å². The fourth-order valence-corrected chi connectivity index (χ4v) is 2.46. The van der Waals surface area contributed by atoms with Crippen LogP contribution in [0.15, 0.2) is 28.9 Å². The van der Waals surface area contributed by atoms with Gasteiger partial charge in [0.2, 0.25) is 0 Å². The standard InChI is InChI=1S/C15H17N3O3/c1-10-8-11(2)17-15(16-10)21-12-5-6-18(9-12)14(19)13-4-3-7-20-13/h3-4,7-8,12H,5-6,9H2,1-2H3/t12-/m1/s1. The predicted molar refractivity (Wildman–Crippen MR) is 75.2 cm³/mol. The predicted octanol–water partition coefficient (Wildman–Crippen LogP) is 1.98. The maximum atomic E-state index is 12.2. The quantitative estimate of drug-likeness (QED) is 0.863. The summed E-state index contributed by atoms with van der Waals surface area (Å²) in [5.74, 6) is 0.255. The van der Waals surface area contributed by atoms with Crippen molar-refractivity contribution < 1.29 is 13.9 Å². The van der Waals surface area contributed by atoms with Gasteiger partial charge in [-0.2, -0.15) is 0 Å². The minimum Gasteiger partial charge on any atom is -0.459 e. The van der Waals surface area contributed by atoms with E-state index in [-0.39, 0.29) is 12.0 Å². The zero-order valence-electron chi connectivity index (χ0n) is 12.1. The Hall–Kier alpha value is -2.37. The van der Waals surface area contributed by atoms with Gasteiger partial charge in [-0.1, -0.05) is 0 Å². The van der Waals surface area contributed by atoms with E-state index in [1.807, 2.05) is 19.9 Å². The highest BCUT2D eigenvalue weighted by Crippen LogP contribution is 2.18. The molecule has 21 heavy (non-hydrogen) atoms. The van der Waals surface area contributed by atoms with Crippen molar-refractivity contribution in [2.75, 3.05) is 13.1 Å². The fraction of sp³-hybridized carbons (Fsp3) is 0.400. The van der Waals surface area contributed by atoms with E-state index in [0.29, 0.717) is 24.9 Å². The molecule has 3 rings (SSSR count). The first-order chi connectivity index (χ1) is 10.1. The van der Waals surface area contributed by atoms with Crippen molar-refractivity contribution >= 4 is 5.91 Å².